The second-order valence-electron chi connectivity index (χ2n) is 2.73. The zero-order valence-electron chi connectivity index (χ0n) is 17.3. The van der Waals surface area contributed by atoms with Crippen molar-refractivity contribution in [1.82, 2.24) is 0 Å². The summed E-state index contributed by atoms with van der Waals surface area (Å²) in [5.74, 6) is -7.65. The fourth-order valence-corrected chi connectivity index (χ4v) is 1.58. The lowest BCUT2D eigenvalue weighted by Crippen LogP contribution is -2.38. The highest BCUT2D eigenvalue weighted by molar-refractivity contribution is 4.92. The van der Waals surface area contributed by atoms with Crippen LogP contribution in [0.25, 0.3) is 0 Å². The van der Waals surface area contributed by atoms with Crippen molar-refractivity contribution in [2.75, 3.05) is 0 Å². The predicted molar refractivity (Wildman–Crippen MR) is 41.7 cm³/mol. The molecule has 4 fully saturated rings. The van der Waals surface area contributed by atoms with E-state index in [1.165, 1.54) is 0 Å². The number of hydrogen-bond acceptors (Lipinski definition) is 0. The lowest BCUT2D eigenvalue weighted by atomic mass is 9.56. The van der Waals surface area contributed by atoms with Gasteiger partial charge in [-0.05, 0) is 61.9 Å². The van der Waals surface area contributed by atoms with E-state index in [1.807, 2.05) is 0 Å². The van der Waals surface area contributed by atoms with Crippen molar-refractivity contribution in [2.24, 2.45) is 23.7 Å². The molecular formula is C10H16. The third-order valence-electron chi connectivity index (χ3n) is 2.00. The lowest BCUT2D eigenvalue weighted by Gasteiger charge is -2.49. The Morgan fingerprint density at radius 3 is 1.00 bits per heavy atom. The third kappa shape index (κ3) is 0.681. The van der Waals surface area contributed by atoms with Crippen LogP contribution >= 0.6 is 0 Å². The topological polar surface area (TPSA) is 0 Å². The van der Waals surface area contributed by atoms with Crippen molar-refractivity contribution >= 4 is 0 Å². The van der Waals surface area contributed by atoms with E-state index in [2.05, 4.69) is 0 Å². The fourth-order valence-electron chi connectivity index (χ4n) is 1.58. The van der Waals surface area contributed by atoms with Crippen LogP contribution in [0, 0.1) is 23.7 Å². The zero-order valence-corrected chi connectivity index (χ0v) is 5.31. The summed E-state index contributed by atoms with van der Waals surface area (Å²) in [6, 6.07) is 0. The Morgan fingerprint density at radius 1 is 0.600 bits per heavy atom. The number of hydrogen-bond donors (Lipinski definition) is 0. The van der Waals surface area contributed by atoms with E-state index in [0.717, 1.165) is 0 Å². The molecule has 4 saturated carbocycles. The molecule has 0 aromatic carbocycles. The molecule has 0 heteroatoms. The van der Waals surface area contributed by atoms with Gasteiger partial charge in [0.15, 0.2) is 0 Å². The van der Waals surface area contributed by atoms with Crippen molar-refractivity contribution in [3.05, 3.63) is 0 Å². The van der Waals surface area contributed by atoms with Gasteiger partial charge in [0, 0.05) is 16.4 Å². The molecule has 0 spiro atoms. The maximum Gasteiger partial charge on any atom is 0.0272 e. The number of rotatable bonds is 0. The molecule has 0 aromatic heterocycles. The van der Waals surface area contributed by atoms with Gasteiger partial charge in [-0.25, -0.2) is 0 Å². The first-order chi connectivity index (χ1) is 9.46. The molecule has 4 bridgehead atoms. The highest BCUT2D eigenvalue weighted by Crippen LogP contribution is 2.53. The van der Waals surface area contributed by atoms with Gasteiger partial charge in [-0.15, -0.1) is 0 Å². The molecule has 10 heavy (non-hydrogen) atoms. The first-order valence-corrected chi connectivity index (χ1v) is 3.46. The van der Waals surface area contributed by atoms with Crippen LogP contribution in [0.4, 0.5) is 0 Å². The van der Waals surface area contributed by atoms with Gasteiger partial charge < -0.3 is 0 Å². The predicted octanol–water partition coefficient (Wildman–Crippen LogP) is 2.83. The Morgan fingerprint density at radius 2 is 0.800 bits per heavy atom. The van der Waals surface area contributed by atoms with Crippen LogP contribution in [0.1, 0.15) is 54.7 Å². The summed E-state index contributed by atoms with van der Waals surface area (Å²) in [6.45, 7) is 0. The smallest absolute Gasteiger partial charge is 0.0272 e. The normalized spacial score (nSPS) is 106. The maximum absolute atomic E-state index is 8.09. The molecule has 0 saturated heterocycles. The van der Waals surface area contributed by atoms with Gasteiger partial charge in [-0.2, -0.15) is 0 Å². The van der Waals surface area contributed by atoms with Gasteiger partial charge >= 0.3 is 0 Å². The summed E-state index contributed by atoms with van der Waals surface area (Å²) in [5, 5.41) is 0. The molecule has 56 valence electrons. The van der Waals surface area contributed by atoms with Crippen LogP contribution in [0.5, 0.6) is 0 Å². The fraction of sp³-hybridized carbons (Fsp3) is 1.00. The molecule has 0 atom stereocenters. The van der Waals surface area contributed by atoms with E-state index in [-0.39, 0.29) is 0 Å². The van der Waals surface area contributed by atoms with E-state index in [4.69, 9.17) is 16.4 Å². The van der Waals surface area contributed by atoms with E-state index in [0.29, 0.717) is 0 Å². The Bertz CT molecular complexity index is 374. The SMILES string of the molecule is [2H]C1([2H])C2C([2H])([2H])C3C([2H])([2H])C1C([2H])([2H])C(C2([2H])[2H])C3([2H])[2H]. The van der Waals surface area contributed by atoms with E-state index < -0.39 is 61.9 Å². The Kier molecular flexibility index (Phi) is 0.250. The second kappa shape index (κ2) is 1.78. The quantitative estimate of drug-likeness (QED) is 0.495. The summed E-state index contributed by atoms with van der Waals surface area (Å²) in [7, 11) is 0. The molecule has 0 aliphatic heterocycles. The molecule has 0 aromatic rings. The van der Waals surface area contributed by atoms with Crippen molar-refractivity contribution in [3.8, 4) is 0 Å². The Hall–Kier alpha value is 0. The summed E-state index contributed by atoms with van der Waals surface area (Å²) in [5.41, 5.74) is 0. The second-order valence-corrected chi connectivity index (χ2v) is 2.73. The Labute approximate surface area is 79.9 Å². The summed E-state index contributed by atoms with van der Waals surface area (Å²) in [4.78, 5) is 0. The van der Waals surface area contributed by atoms with Crippen LogP contribution in [0.2, 0.25) is 0 Å². The zero-order chi connectivity index (χ0) is 17.3. The molecule has 0 N–H and O–H groups in total. The molecule has 4 aliphatic carbocycles. The van der Waals surface area contributed by atoms with Gasteiger partial charge in [-0.3, -0.25) is 0 Å². The first-order valence-electron chi connectivity index (χ1n) is 9.46. The van der Waals surface area contributed by atoms with E-state index in [1.54, 1.807) is 0 Å². The molecule has 4 aliphatic rings. The van der Waals surface area contributed by atoms with Gasteiger partial charge in [-0.1, -0.05) is 0 Å². The summed E-state index contributed by atoms with van der Waals surface area (Å²) >= 11 is 0. The largest absolute Gasteiger partial charge is 0.0475 e. The molecule has 0 amide bonds. The minimum Gasteiger partial charge on any atom is -0.0475 e. The van der Waals surface area contributed by atoms with Crippen LogP contribution in [-0.2, 0) is 0 Å². The van der Waals surface area contributed by atoms with Crippen molar-refractivity contribution in [3.63, 3.8) is 0 Å². The minimum atomic E-state index is -2.76. The molecule has 0 heterocycles. The highest BCUT2D eigenvalue weighted by Gasteiger charge is 2.41. The standard InChI is InChI=1S/C10H16/c1-7-2-9-4-8(1)5-10(3-7)6-9/h7-10H,1-6H2/i1D2,2D2,3D2,4D2,5D2,6D2. The first kappa shape index (κ1) is 1.41. The molecular weight excluding hydrogens is 120 g/mol. The van der Waals surface area contributed by atoms with Crippen LogP contribution in [0.15, 0.2) is 0 Å². The van der Waals surface area contributed by atoms with Crippen LogP contribution in [0.3, 0.4) is 0 Å². The van der Waals surface area contributed by atoms with Crippen LogP contribution in [-0.4, -0.2) is 0 Å². The van der Waals surface area contributed by atoms with E-state index >= 15 is 0 Å². The van der Waals surface area contributed by atoms with Crippen LogP contribution < -0.4 is 0 Å². The summed E-state index contributed by atoms with van der Waals surface area (Å²) in [6.07, 6.45) is -16.6. The molecule has 0 nitrogen and oxygen atoms in total. The average Bonchev–Trinajstić information content (AvgIpc) is 2.01. The van der Waals surface area contributed by atoms with Crippen molar-refractivity contribution in [2.45, 2.75) is 38.2 Å². The lowest BCUT2D eigenvalue weighted by molar-refractivity contribution is 0.0198. The Balaban J connectivity index is 2.41. The maximum atomic E-state index is 8.09. The van der Waals surface area contributed by atoms with Gasteiger partial charge in [0.2, 0.25) is 0 Å². The monoisotopic (exact) mass is 148 g/mol. The minimum absolute atomic E-state index is 1.91. The van der Waals surface area contributed by atoms with Crippen molar-refractivity contribution < 1.29 is 16.4 Å². The molecule has 0 unspecified atom stereocenters. The van der Waals surface area contributed by atoms with Gasteiger partial charge in [0.1, 0.15) is 0 Å². The molecule has 0 radical (unpaired) electrons. The molecule has 4 rings (SSSR count). The highest BCUT2D eigenvalue weighted by atomic mass is 14.5. The average molecular weight is 148 g/mol. The van der Waals surface area contributed by atoms with E-state index in [9.17, 15) is 0 Å². The van der Waals surface area contributed by atoms with Gasteiger partial charge in [0.25, 0.3) is 0 Å². The van der Waals surface area contributed by atoms with Gasteiger partial charge in [0.05, 0.1) is 0 Å². The summed E-state index contributed by atoms with van der Waals surface area (Å²) < 4.78 is 97.0. The third-order valence-corrected chi connectivity index (χ3v) is 2.00. The van der Waals surface area contributed by atoms with Crippen molar-refractivity contribution in [1.29, 1.82) is 0 Å².